The zero-order valence-electron chi connectivity index (χ0n) is 19.6. The first-order chi connectivity index (χ1) is 17.8. The minimum Gasteiger partial charge on any atom is -0.223 e. The molecular weight excluding hydrogens is 654 g/mol. The van der Waals surface area contributed by atoms with Crippen LogP contribution in [-0.2, 0) is 0 Å². The Morgan fingerprint density at radius 3 is 1.24 bits per heavy atom. The highest BCUT2D eigenvalue weighted by molar-refractivity contribution is 8.03. The summed E-state index contributed by atoms with van der Waals surface area (Å²) in [6, 6.07) is 0. The summed E-state index contributed by atoms with van der Waals surface area (Å²) in [6.07, 6.45) is -48.8. The minimum absolute atomic E-state index is 0.132. The van der Waals surface area contributed by atoms with Crippen LogP contribution in [0.4, 0.5) is 87.8 Å². The number of nitrogens with zero attached hydrogens (tertiary/aromatic N) is 1. The lowest BCUT2D eigenvalue weighted by Gasteiger charge is -2.35. The smallest absolute Gasteiger partial charge is 0.223 e. The van der Waals surface area contributed by atoms with Crippen molar-refractivity contribution in [3.63, 3.8) is 0 Å². The van der Waals surface area contributed by atoms with Crippen LogP contribution in [0.1, 0.15) is 38.5 Å². The highest BCUT2D eigenvalue weighted by Crippen LogP contribution is 2.54. The average molecular weight is 671 g/mol. The third-order valence-electron chi connectivity index (χ3n) is 5.62. The Morgan fingerprint density at radius 1 is 0.512 bits per heavy atom. The van der Waals surface area contributed by atoms with Crippen molar-refractivity contribution in [3.8, 4) is 5.40 Å². The molecule has 0 spiro atoms. The highest BCUT2D eigenvalue weighted by atomic mass is 32.2. The van der Waals surface area contributed by atoms with E-state index in [2.05, 4.69) is 0 Å². The maximum Gasteiger partial charge on any atom is 0.431 e. The van der Waals surface area contributed by atoms with Crippen molar-refractivity contribution in [2.75, 3.05) is 5.75 Å². The van der Waals surface area contributed by atoms with Gasteiger partial charge >= 0.3 is 36.6 Å². The second-order valence-corrected chi connectivity index (χ2v) is 9.86. The number of alkyl halides is 20. The molecule has 0 aromatic heterocycles. The van der Waals surface area contributed by atoms with Gasteiger partial charge in [0, 0.05) is 12.2 Å². The molecule has 22 heteroatoms. The van der Waals surface area contributed by atoms with Crippen molar-refractivity contribution in [1.29, 1.82) is 5.26 Å². The molecule has 0 aliphatic carbocycles. The van der Waals surface area contributed by atoms with Gasteiger partial charge in [0.1, 0.15) is 5.40 Å². The zero-order chi connectivity index (χ0) is 33.1. The van der Waals surface area contributed by atoms with Gasteiger partial charge in [0.25, 0.3) is 11.8 Å². The predicted molar refractivity (Wildman–Crippen MR) is 100 cm³/mol. The number of hydrogen-bond acceptors (Lipinski definition) is 2. The molecule has 0 aromatic carbocycles. The van der Waals surface area contributed by atoms with Gasteiger partial charge in [0.15, 0.2) is 0 Å². The molecule has 0 bridgehead atoms. The Labute approximate surface area is 221 Å². The molecule has 3 atom stereocenters. The molecule has 0 saturated carbocycles. The number of thiocyanates is 1. The minimum atomic E-state index is -7.17. The summed E-state index contributed by atoms with van der Waals surface area (Å²) in [5, 5.41) is 9.57. The molecule has 0 fully saturated rings. The normalized spacial score (nSPS) is 17.2. The molecule has 0 rings (SSSR count). The summed E-state index contributed by atoms with van der Waals surface area (Å²) >= 11 is 0.132. The van der Waals surface area contributed by atoms with E-state index in [4.69, 9.17) is 5.26 Å². The van der Waals surface area contributed by atoms with Crippen molar-refractivity contribution in [3.05, 3.63) is 0 Å². The van der Waals surface area contributed by atoms with Crippen LogP contribution < -0.4 is 0 Å². The number of halogens is 20. The van der Waals surface area contributed by atoms with Crippen molar-refractivity contribution >= 4 is 11.8 Å². The lowest BCUT2D eigenvalue weighted by atomic mass is 9.81. The van der Waals surface area contributed by atoms with Gasteiger partial charge in [-0.1, -0.05) is 0 Å². The van der Waals surface area contributed by atoms with E-state index in [-0.39, 0.29) is 11.8 Å². The first-order valence-electron chi connectivity index (χ1n) is 10.6. The zero-order valence-corrected chi connectivity index (χ0v) is 20.4. The Hall–Kier alpha value is -1.56. The second-order valence-electron chi connectivity index (χ2n) is 8.98. The van der Waals surface area contributed by atoms with Gasteiger partial charge in [0.05, 0.1) is 30.6 Å². The average Bonchev–Trinajstić information content (AvgIpc) is 2.66. The summed E-state index contributed by atoms with van der Waals surface area (Å²) in [5.41, 5.74) is -6.82. The van der Waals surface area contributed by atoms with Crippen molar-refractivity contribution in [2.45, 2.75) is 86.9 Å². The van der Waals surface area contributed by atoms with E-state index < -0.39 is 110 Å². The van der Waals surface area contributed by atoms with Crippen molar-refractivity contribution in [1.82, 2.24) is 0 Å². The third-order valence-corrected chi connectivity index (χ3v) is 6.19. The van der Waals surface area contributed by atoms with E-state index in [0.717, 1.165) is 0 Å². The molecule has 0 heterocycles. The lowest BCUT2D eigenvalue weighted by Crippen LogP contribution is -2.56. The van der Waals surface area contributed by atoms with E-state index in [1.54, 1.807) is 0 Å². The molecule has 0 radical (unpaired) electrons. The van der Waals surface area contributed by atoms with Crippen LogP contribution in [0, 0.1) is 28.4 Å². The Morgan fingerprint density at radius 2 is 0.902 bits per heavy atom. The van der Waals surface area contributed by atoms with Crippen LogP contribution in [0.2, 0.25) is 0 Å². The first-order valence-corrected chi connectivity index (χ1v) is 11.6. The van der Waals surface area contributed by atoms with E-state index in [9.17, 15) is 87.8 Å². The lowest BCUT2D eigenvalue weighted by molar-refractivity contribution is -0.356. The van der Waals surface area contributed by atoms with Crippen LogP contribution in [-0.4, -0.2) is 54.1 Å². The topological polar surface area (TPSA) is 23.8 Å². The molecule has 41 heavy (non-hydrogen) atoms. The monoisotopic (exact) mass is 671 g/mol. The van der Waals surface area contributed by atoms with Crippen LogP contribution in [0.5, 0.6) is 0 Å². The highest BCUT2D eigenvalue weighted by Gasteiger charge is 2.75. The van der Waals surface area contributed by atoms with E-state index >= 15 is 0 Å². The van der Waals surface area contributed by atoms with Gasteiger partial charge in [-0.05, 0) is 31.0 Å². The molecule has 3 unspecified atom stereocenters. The molecule has 0 aliphatic rings. The van der Waals surface area contributed by atoms with E-state index in [1.165, 1.54) is 5.40 Å². The standard InChI is InChI=1S/C19H17F20NS/c20-12(21,6-13(22,23)7-14(24,18(34,35)36)19(37,38)39)5-11(17(31,32)33)4-10(16(28,29)30)3-9(15(25,26)27)1-2-41-8-40/h9-11H,1-7H2. The number of rotatable bonds is 13. The fraction of sp³-hybridized carbons (Fsp3) is 0.947. The number of hydrogen-bond donors (Lipinski definition) is 0. The van der Waals surface area contributed by atoms with Gasteiger partial charge < -0.3 is 0 Å². The Balaban J connectivity index is 6.17. The first kappa shape index (κ1) is 39.4. The van der Waals surface area contributed by atoms with Gasteiger partial charge in [-0.25, -0.2) is 22.0 Å². The quantitative estimate of drug-likeness (QED) is 0.111. The van der Waals surface area contributed by atoms with Crippen molar-refractivity contribution in [2.24, 2.45) is 17.8 Å². The van der Waals surface area contributed by atoms with Crippen LogP contribution in [0.3, 0.4) is 0 Å². The van der Waals surface area contributed by atoms with Crippen LogP contribution in [0.15, 0.2) is 0 Å². The van der Waals surface area contributed by atoms with Crippen LogP contribution >= 0.6 is 11.8 Å². The third kappa shape index (κ3) is 12.3. The van der Waals surface area contributed by atoms with Gasteiger partial charge in [-0.15, -0.1) is 0 Å². The number of nitriles is 1. The van der Waals surface area contributed by atoms with E-state index in [0.29, 0.717) is 0 Å². The Kier molecular flexibility index (Phi) is 12.5. The predicted octanol–water partition coefficient (Wildman–Crippen LogP) is 10.2. The second kappa shape index (κ2) is 13.0. The van der Waals surface area contributed by atoms with Crippen molar-refractivity contribution < 1.29 is 87.8 Å². The summed E-state index contributed by atoms with van der Waals surface area (Å²) in [7, 11) is 0. The Bertz CT molecular complexity index is 845. The molecule has 0 N–H and O–H groups in total. The van der Waals surface area contributed by atoms with Gasteiger partial charge in [0.2, 0.25) is 0 Å². The summed E-state index contributed by atoms with van der Waals surface area (Å²) in [6.45, 7) is 0. The number of thioether (sulfide) groups is 1. The fourth-order valence-electron chi connectivity index (χ4n) is 3.64. The molecule has 0 saturated heterocycles. The van der Waals surface area contributed by atoms with Gasteiger partial charge in [-0.2, -0.15) is 71.1 Å². The molecule has 244 valence electrons. The maximum atomic E-state index is 14.1. The molecule has 0 amide bonds. The summed E-state index contributed by atoms with van der Waals surface area (Å²) in [5.74, 6) is -23.2. The fourth-order valence-corrected chi connectivity index (χ4v) is 4.13. The molecule has 0 aromatic rings. The SMILES string of the molecule is N#CSCCC(CC(CC(CC(F)(F)CC(F)(F)CC(F)(C(F)(F)F)C(F)(F)F)C(F)(F)F)C(F)(F)F)C(F)(F)F. The summed E-state index contributed by atoms with van der Waals surface area (Å²) in [4.78, 5) is 0. The van der Waals surface area contributed by atoms with E-state index in [1.807, 2.05) is 0 Å². The van der Waals surface area contributed by atoms with Gasteiger partial charge in [-0.3, -0.25) is 0 Å². The molecular formula is C19H17F20NS. The molecule has 0 aliphatic heterocycles. The maximum absolute atomic E-state index is 14.1. The van der Waals surface area contributed by atoms with Crippen LogP contribution in [0.25, 0.3) is 0 Å². The summed E-state index contributed by atoms with van der Waals surface area (Å²) < 4.78 is 264. The molecule has 1 nitrogen and oxygen atoms in total. The largest absolute Gasteiger partial charge is 0.431 e.